The Morgan fingerprint density at radius 3 is 2.94 bits per heavy atom. The van der Waals surface area contributed by atoms with E-state index in [4.69, 9.17) is 17.3 Å². The molecule has 1 fully saturated rings. The summed E-state index contributed by atoms with van der Waals surface area (Å²) in [5.74, 6) is 0.871. The van der Waals surface area contributed by atoms with Crippen LogP contribution in [0.5, 0.6) is 0 Å². The maximum Gasteiger partial charge on any atom is 0.229 e. The van der Waals surface area contributed by atoms with Crippen LogP contribution in [0.2, 0.25) is 0 Å². The number of thioether (sulfide) groups is 1. The summed E-state index contributed by atoms with van der Waals surface area (Å²) in [4.78, 5) is 21.4. The van der Waals surface area contributed by atoms with Crippen LogP contribution in [-0.2, 0) is 4.79 Å². The number of carbonyl (C=O) groups excluding carboxylic acids is 1. The number of hydrogen-bond acceptors (Lipinski definition) is 5. The van der Waals surface area contributed by atoms with Gasteiger partial charge in [0.1, 0.15) is 11.6 Å². The molecule has 0 radical (unpaired) electrons. The predicted molar refractivity (Wildman–Crippen MR) is 64.8 cm³/mol. The lowest BCUT2D eigenvalue weighted by molar-refractivity contribution is -0.117. The Bertz CT molecular complexity index is 428. The fourth-order valence-corrected chi connectivity index (χ4v) is 2.20. The SMILES string of the molecule is CSc1nc(N)cc(N2CC(Cl)CC2=O)n1. The number of alkyl halides is 1. The molecule has 1 atom stereocenters. The summed E-state index contributed by atoms with van der Waals surface area (Å²) < 4.78 is 0. The number of amides is 1. The molecule has 5 nitrogen and oxygen atoms in total. The first-order chi connectivity index (χ1) is 7.60. The minimum Gasteiger partial charge on any atom is -0.383 e. The van der Waals surface area contributed by atoms with E-state index in [2.05, 4.69) is 9.97 Å². The summed E-state index contributed by atoms with van der Waals surface area (Å²) >= 11 is 7.31. The monoisotopic (exact) mass is 258 g/mol. The van der Waals surface area contributed by atoms with Crippen LogP contribution in [0.25, 0.3) is 0 Å². The maximum absolute atomic E-state index is 11.6. The molecule has 1 aromatic rings. The van der Waals surface area contributed by atoms with Crippen LogP contribution in [0.1, 0.15) is 6.42 Å². The van der Waals surface area contributed by atoms with E-state index >= 15 is 0 Å². The van der Waals surface area contributed by atoms with Crippen LogP contribution >= 0.6 is 23.4 Å². The lowest BCUT2D eigenvalue weighted by Crippen LogP contribution is -2.26. The Kier molecular flexibility index (Phi) is 3.20. The first kappa shape index (κ1) is 11.5. The van der Waals surface area contributed by atoms with Crippen LogP contribution in [0.15, 0.2) is 11.2 Å². The van der Waals surface area contributed by atoms with Crippen molar-refractivity contribution in [3.63, 3.8) is 0 Å². The van der Waals surface area contributed by atoms with Gasteiger partial charge in [0.25, 0.3) is 0 Å². The Labute approximate surface area is 102 Å². The van der Waals surface area contributed by atoms with Gasteiger partial charge in [-0.25, -0.2) is 9.97 Å². The molecule has 1 unspecified atom stereocenters. The van der Waals surface area contributed by atoms with Gasteiger partial charge in [0, 0.05) is 19.0 Å². The van der Waals surface area contributed by atoms with E-state index < -0.39 is 0 Å². The summed E-state index contributed by atoms with van der Waals surface area (Å²) in [6.07, 6.45) is 2.20. The topological polar surface area (TPSA) is 72.1 Å². The summed E-state index contributed by atoms with van der Waals surface area (Å²) in [5, 5.41) is 0.405. The average molecular weight is 259 g/mol. The fraction of sp³-hybridized carbons (Fsp3) is 0.444. The normalized spacial score (nSPS) is 20.5. The van der Waals surface area contributed by atoms with Crippen LogP contribution in [0, 0.1) is 0 Å². The third kappa shape index (κ3) is 2.22. The molecule has 1 aliphatic heterocycles. The molecule has 0 bridgehead atoms. The maximum atomic E-state index is 11.6. The average Bonchev–Trinajstić information content (AvgIpc) is 2.57. The number of anilines is 2. The quantitative estimate of drug-likeness (QED) is 0.489. The number of rotatable bonds is 2. The van der Waals surface area contributed by atoms with E-state index in [9.17, 15) is 4.79 Å². The van der Waals surface area contributed by atoms with Crippen LogP contribution < -0.4 is 10.6 Å². The van der Waals surface area contributed by atoms with Gasteiger partial charge in [-0.05, 0) is 6.26 Å². The second-order valence-electron chi connectivity index (χ2n) is 3.44. The molecule has 2 rings (SSSR count). The third-order valence-corrected chi connectivity index (χ3v) is 3.09. The van der Waals surface area contributed by atoms with Crippen molar-refractivity contribution in [3.05, 3.63) is 6.07 Å². The van der Waals surface area contributed by atoms with Gasteiger partial charge in [-0.2, -0.15) is 0 Å². The Morgan fingerprint density at radius 1 is 1.62 bits per heavy atom. The van der Waals surface area contributed by atoms with Crippen molar-refractivity contribution in [2.24, 2.45) is 0 Å². The van der Waals surface area contributed by atoms with Gasteiger partial charge in [-0.15, -0.1) is 11.6 Å². The van der Waals surface area contributed by atoms with Gasteiger partial charge < -0.3 is 5.73 Å². The number of aromatic nitrogens is 2. The van der Waals surface area contributed by atoms with Crippen molar-refractivity contribution >= 4 is 40.9 Å². The smallest absolute Gasteiger partial charge is 0.229 e. The minimum absolute atomic E-state index is 0.0230. The molecule has 7 heteroatoms. The number of carbonyl (C=O) groups is 1. The highest BCUT2D eigenvalue weighted by Crippen LogP contribution is 2.25. The number of hydrogen-bond donors (Lipinski definition) is 1. The Balaban J connectivity index is 2.33. The fourth-order valence-electron chi connectivity index (χ4n) is 1.55. The van der Waals surface area contributed by atoms with E-state index in [0.717, 1.165) is 0 Å². The van der Waals surface area contributed by atoms with E-state index in [1.165, 1.54) is 11.8 Å². The first-order valence-corrected chi connectivity index (χ1v) is 6.39. The highest BCUT2D eigenvalue weighted by atomic mass is 35.5. The van der Waals surface area contributed by atoms with Crippen LogP contribution in [-0.4, -0.2) is 34.1 Å². The Hall–Kier alpha value is -1.01. The molecular formula is C9H11ClN4OS. The molecule has 86 valence electrons. The number of halogens is 1. The van der Waals surface area contributed by atoms with Crippen LogP contribution in [0.3, 0.4) is 0 Å². The Morgan fingerprint density at radius 2 is 2.38 bits per heavy atom. The summed E-state index contributed by atoms with van der Waals surface area (Å²) in [6, 6.07) is 1.59. The van der Waals surface area contributed by atoms with Crippen molar-refractivity contribution in [3.8, 4) is 0 Å². The van der Waals surface area contributed by atoms with Gasteiger partial charge in [-0.3, -0.25) is 9.69 Å². The molecular weight excluding hydrogens is 248 g/mol. The zero-order chi connectivity index (χ0) is 11.7. The largest absolute Gasteiger partial charge is 0.383 e. The zero-order valence-electron chi connectivity index (χ0n) is 8.68. The minimum atomic E-state index is -0.151. The van der Waals surface area contributed by atoms with E-state index in [-0.39, 0.29) is 11.3 Å². The molecule has 1 amide bonds. The molecule has 2 heterocycles. The highest BCUT2D eigenvalue weighted by Gasteiger charge is 2.30. The van der Waals surface area contributed by atoms with Gasteiger partial charge in [0.05, 0.1) is 5.38 Å². The molecule has 0 spiro atoms. The van der Waals surface area contributed by atoms with Crippen molar-refractivity contribution in [2.45, 2.75) is 17.0 Å². The molecule has 16 heavy (non-hydrogen) atoms. The standard InChI is InChI=1S/C9H11ClN4OS/c1-16-9-12-6(11)3-7(13-9)14-4-5(10)2-8(14)15/h3,5H,2,4H2,1H3,(H2,11,12,13). The van der Waals surface area contributed by atoms with Gasteiger partial charge in [0.15, 0.2) is 5.16 Å². The van der Waals surface area contributed by atoms with Crippen LogP contribution in [0.4, 0.5) is 11.6 Å². The van der Waals surface area contributed by atoms with Crippen molar-refractivity contribution < 1.29 is 4.79 Å². The summed E-state index contributed by atoms with van der Waals surface area (Å²) in [7, 11) is 0. The lowest BCUT2D eigenvalue weighted by Gasteiger charge is -2.15. The highest BCUT2D eigenvalue weighted by molar-refractivity contribution is 7.98. The van der Waals surface area contributed by atoms with E-state index in [1.807, 2.05) is 6.26 Å². The van der Waals surface area contributed by atoms with Gasteiger partial charge in [-0.1, -0.05) is 11.8 Å². The molecule has 0 saturated carbocycles. The van der Waals surface area contributed by atoms with Crippen molar-refractivity contribution in [1.29, 1.82) is 0 Å². The molecule has 1 aromatic heterocycles. The predicted octanol–water partition coefficient (Wildman–Crippen LogP) is 1.12. The second-order valence-corrected chi connectivity index (χ2v) is 4.83. The first-order valence-electron chi connectivity index (χ1n) is 4.73. The molecule has 1 saturated heterocycles. The van der Waals surface area contributed by atoms with Gasteiger partial charge in [0.2, 0.25) is 5.91 Å². The summed E-state index contributed by atoms with van der Waals surface area (Å²) in [6.45, 7) is 0.477. The number of nitrogens with two attached hydrogens (primary N) is 1. The van der Waals surface area contributed by atoms with Crippen molar-refractivity contribution in [2.75, 3.05) is 23.4 Å². The van der Waals surface area contributed by atoms with Crippen molar-refractivity contribution in [1.82, 2.24) is 9.97 Å². The molecule has 0 aliphatic carbocycles. The molecule has 2 N–H and O–H groups in total. The number of nitrogen functional groups attached to an aromatic ring is 1. The zero-order valence-corrected chi connectivity index (χ0v) is 10.3. The third-order valence-electron chi connectivity index (χ3n) is 2.25. The second kappa shape index (κ2) is 4.47. The lowest BCUT2D eigenvalue weighted by atomic mass is 10.4. The summed E-state index contributed by atoms with van der Waals surface area (Å²) in [5.41, 5.74) is 5.65. The molecule has 1 aliphatic rings. The van der Waals surface area contributed by atoms with E-state index in [1.54, 1.807) is 11.0 Å². The molecule has 0 aromatic carbocycles. The van der Waals surface area contributed by atoms with Gasteiger partial charge >= 0.3 is 0 Å². The van der Waals surface area contributed by atoms with E-state index in [0.29, 0.717) is 29.8 Å². The number of nitrogens with zero attached hydrogens (tertiary/aromatic N) is 3.